The number of carbonyl (C=O) groups excluding carboxylic acids is 1. The number of halogens is 2. The second kappa shape index (κ2) is 7.75. The quantitative estimate of drug-likeness (QED) is 0.771. The minimum absolute atomic E-state index is 0.0966. The van der Waals surface area contributed by atoms with Crippen LogP contribution in [0.5, 0.6) is 0 Å². The predicted octanol–water partition coefficient (Wildman–Crippen LogP) is 3.04. The van der Waals surface area contributed by atoms with Gasteiger partial charge in [0.2, 0.25) is 5.91 Å². The summed E-state index contributed by atoms with van der Waals surface area (Å²) in [5, 5.41) is 10.5. The van der Waals surface area contributed by atoms with Gasteiger partial charge in [-0.2, -0.15) is 0 Å². The van der Waals surface area contributed by atoms with E-state index in [2.05, 4.69) is 0 Å². The number of carboxylic acid groups (broad SMARTS) is 1. The Kier molecular flexibility index (Phi) is 6.19. The van der Waals surface area contributed by atoms with Crippen molar-refractivity contribution >= 4 is 46.8 Å². The van der Waals surface area contributed by atoms with Crippen molar-refractivity contribution < 1.29 is 19.4 Å². The van der Waals surface area contributed by atoms with Crippen LogP contribution in [0.1, 0.15) is 6.42 Å². The molecule has 2 rings (SSSR count). The number of hydrogen-bond acceptors (Lipinski definition) is 4. The molecule has 5 nitrogen and oxygen atoms in total. The Balaban J connectivity index is 1.97. The Morgan fingerprint density at radius 2 is 2.17 bits per heavy atom. The van der Waals surface area contributed by atoms with E-state index in [1.165, 1.54) is 18.9 Å². The van der Waals surface area contributed by atoms with Crippen LogP contribution >= 0.6 is 35.0 Å². The van der Waals surface area contributed by atoms with Gasteiger partial charge < -0.3 is 14.7 Å². The fourth-order valence-electron chi connectivity index (χ4n) is 2.53. The van der Waals surface area contributed by atoms with Gasteiger partial charge in [-0.3, -0.25) is 9.59 Å². The monoisotopic (exact) mass is 377 g/mol. The lowest BCUT2D eigenvalue weighted by Crippen LogP contribution is -2.40. The molecule has 1 atom stereocenters. The van der Waals surface area contributed by atoms with E-state index in [0.717, 1.165) is 4.90 Å². The van der Waals surface area contributed by atoms with Crippen LogP contribution in [0.15, 0.2) is 23.1 Å². The Morgan fingerprint density at radius 3 is 2.83 bits per heavy atom. The van der Waals surface area contributed by atoms with Crippen LogP contribution in [0.3, 0.4) is 0 Å². The molecule has 0 spiro atoms. The van der Waals surface area contributed by atoms with Crippen molar-refractivity contribution in [3.63, 3.8) is 0 Å². The van der Waals surface area contributed by atoms with Gasteiger partial charge in [0.1, 0.15) is 5.41 Å². The van der Waals surface area contributed by atoms with Crippen LogP contribution in [0.2, 0.25) is 10.0 Å². The zero-order chi connectivity index (χ0) is 17.0. The average Bonchev–Trinajstić information content (AvgIpc) is 2.94. The largest absolute Gasteiger partial charge is 0.481 e. The SMILES string of the molecule is COCC1(C(=O)O)CCN(C(=O)CSc2cc(Cl)ccc2Cl)C1. The number of carbonyl (C=O) groups is 2. The summed E-state index contributed by atoms with van der Waals surface area (Å²) >= 11 is 13.3. The summed E-state index contributed by atoms with van der Waals surface area (Å²) in [7, 11) is 1.46. The highest BCUT2D eigenvalue weighted by atomic mass is 35.5. The van der Waals surface area contributed by atoms with E-state index < -0.39 is 11.4 Å². The minimum atomic E-state index is -1.01. The van der Waals surface area contributed by atoms with Crippen molar-refractivity contribution in [1.29, 1.82) is 0 Å². The third kappa shape index (κ3) is 4.32. The molecule has 23 heavy (non-hydrogen) atoms. The standard InChI is InChI=1S/C15H17Cl2NO4S/c1-22-9-15(14(20)21)4-5-18(8-15)13(19)7-23-12-6-10(16)2-3-11(12)17/h2-3,6H,4-5,7-9H2,1H3,(H,20,21). The molecule has 1 aromatic carbocycles. The van der Waals surface area contributed by atoms with Crippen molar-refractivity contribution in [2.45, 2.75) is 11.3 Å². The number of ether oxygens (including phenoxy) is 1. The van der Waals surface area contributed by atoms with Gasteiger partial charge in [-0.05, 0) is 24.6 Å². The van der Waals surface area contributed by atoms with Gasteiger partial charge in [-0.15, -0.1) is 11.8 Å². The molecule has 1 aliphatic heterocycles. The van der Waals surface area contributed by atoms with E-state index in [4.69, 9.17) is 27.9 Å². The number of carboxylic acids is 1. The van der Waals surface area contributed by atoms with Crippen LogP contribution in [-0.4, -0.2) is 54.4 Å². The summed E-state index contributed by atoms with van der Waals surface area (Å²) in [6, 6.07) is 5.07. The minimum Gasteiger partial charge on any atom is -0.481 e. The molecule has 1 aromatic rings. The Morgan fingerprint density at radius 1 is 1.43 bits per heavy atom. The topological polar surface area (TPSA) is 66.8 Å². The van der Waals surface area contributed by atoms with E-state index in [-0.39, 0.29) is 24.8 Å². The zero-order valence-corrected chi connectivity index (χ0v) is 14.9. The molecule has 0 aromatic heterocycles. The summed E-state index contributed by atoms with van der Waals surface area (Å²) in [4.78, 5) is 26.1. The fourth-order valence-corrected chi connectivity index (χ4v) is 3.93. The number of aliphatic carboxylic acids is 1. The molecule has 0 bridgehead atoms. The maximum atomic E-state index is 12.3. The predicted molar refractivity (Wildman–Crippen MR) is 90.3 cm³/mol. The number of likely N-dealkylation sites (tertiary alicyclic amines) is 1. The smallest absolute Gasteiger partial charge is 0.313 e. The van der Waals surface area contributed by atoms with Gasteiger partial charge >= 0.3 is 5.97 Å². The molecule has 1 saturated heterocycles. The molecule has 0 radical (unpaired) electrons. The summed E-state index contributed by atoms with van der Waals surface area (Å²) in [6.07, 6.45) is 0.393. The van der Waals surface area contributed by atoms with Crippen LogP contribution in [0.25, 0.3) is 0 Å². The molecule has 1 fully saturated rings. The number of hydrogen-bond donors (Lipinski definition) is 1. The Labute approximate surface area is 148 Å². The number of benzene rings is 1. The highest BCUT2D eigenvalue weighted by molar-refractivity contribution is 8.00. The number of amides is 1. The summed E-state index contributed by atoms with van der Waals surface area (Å²) in [5.41, 5.74) is -1.01. The van der Waals surface area contributed by atoms with Crippen LogP contribution in [0, 0.1) is 5.41 Å². The van der Waals surface area contributed by atoms with Gasteiger partial charge in [-0.25, -0.2) is 0 Å². The van der Waals surface area contributed by atoms with E-state index >= 15 is 0 Å². The number of thioether (sulfide) groups is 1. The average molecular weight is 378 g/mol. The molecule has 1 amide bonds. The lowest BCUT2D eigenvalue weighted by Gasteiger charge is -2.23. The lowest BCUT2D eigenvalue weighted by atomic mass is 9.88. The number of rotatable bonds is 6. The molecule has 0 saturated carbocycles. The van der Waals surface area contributed by atoms with Crippen molar-refractivity contribution in [3.05, 3.63) is 28.2 Å². The highest BCUT2D eigenvalue weighted by Gasteiger charge is 2.46. The molecular formula is C15H17Cl2NO4S. The van der Waals surface area contributed by atoms with Crippen molar-refractivity contribution in [2.24, 2.45) is 5.41 Å². The molecule has 1 heterocycles. The van der Waals surface area contributed by atoms with E-state index in [9.17, 15) is 14.7 Å². The molecule has 1 unspecified atom stereocenters. The van der Waals surface area contributed by atoms with E-state index in [1.807, 2.05) is 0 Å². The number of methoxy groups -OCH3 is 1. The first-order chi connectivity index (χ1) is 10.9. The summed E-state index contributed by atoms with van der Waals surface area (Å²) in [6.45, 7) is 0.677. The molecular weight excluding hydrogens is 361 g/mol. The van der Waals surface area contributed by atoms with Gasteiger partial charge in [0.25, 0.3) is 0 Å². The zero-order valence-electron chi connectivity index (χ0n) is 12.6. The van der Waals surface area contributed by atoms with E-state index in [1.54, 1.807) is 23.1 Å². The van der Waals surface area contributed by atoms with Gasteiger partial charge in [0.15, 0.2) is 0 Å². The van der Waals surface area contributed by atoms with Crippen molar-refractivity contribution in [3.8, 4) is 0 Å². The Bertz CT molecular complexity index is 613. The molecule has 1 aliphatic rings. The van der Waals surface area contributed by atoms with E-state index in [0.29, 0.717) is 23.0 Å². The first kappa shape index (κ1) is 18.4. The van der Waals surface area contributed by atoms with Gasteiger partial charge in [0.05, 0.1) is 17.4 Å². The second-order valence-electron chi connectivity index (χ2n) is 5.45. The van der Waals surface area contributed by atoms with Crippen LogP contribution in [-0.2, 0) is 14.3 Å². The first-order valence-electron chi connectivity index (χ1n) is 6.96. The van der Waals surface area contributed by atoms with Crippen LogP contribution < -0.4 is 0 Å². The fraction of sp³-hybridized carbons (Fsp3) is 0.467. The van der Waals surface area contributed by atoms with Gasteiger partial charge in [-0.1, -0.05) is 23.2 Å². The molecule has 8 heteroatoms. The second-order valence-corrected chi connectivity index (χ2v) is 7.31. The Hall–Kier alpha value is -0.950. The van der Waals surface area contributed by atoms with Crippen LogP contribution in [0.4, 0.5) is 0 Å². The first-order valence-corrected chi connectivity index (χ1v) is 8.70. The third-order valence-corrected chi connectivity index (χ3v) is 5.54. The summed E-state index contributed by atoms with van der Waals surface area (Å²) in [5.74, 6) is -0.867. The molecule has 126 valence electrons. The van der Waals surface area contributed by atoms with Crippen molar-refractivity contribution in [1.82, 2.24) is 4.90 Å². The normalized spacial score (nSPS) is 20.7. The molecule has 0 aliphatic carbocycles. The highest BCUT2D eigenvalue weighted by Crippen LogP contribution is 2.33. The number of nitrogens with zero attached hydrogens (tertiary/aromatic N) is 1. The third-order valence-electron chi connectivity index (χ3n) is 3.83. The van der Waals surface area contributed by atoms with Gasteiger partial charge in [0, 0.05) is 30.1 Å². The lowest BCUT2D eigenvalue weighted by molar-refractivity contribution is -0.151. The van der Waals surface area contributed by atoms with Crippen molar-refractivity contribution in [2.75, 3.05) is 32.6 Å². The maximum Gasteiger partial charge on any atom is 0.313 e. The summed E-state index contributed by atoms with van der Waals surface area (Å²) < 4.78 is 5.02. The molecule has 1 N–H and O–H groups in total. The maximum absolute atomic E-state index is 12.3.